The highest BCUT2D eigenvalue weighted by molar-refractivity contribution is 7.47. The number of allylic oxidation sites excluding steroid dienone is 7. The third-order valence-electron chi connectivity index (χ3n) is 11.5. The summed E-state index contributed by atoms with van der Waals surface area (Å²) in [6.07, 6.45) is 57.9. The minimum Gasteiger partial charge on any atom is -0.387 e. The summed E-state index contributed by atoms with van der Waals surface area (Å²) in [4.78, 5) is 23.1. The molecule has 0 aromatic carbocycles. The van der Waals surface area contributed by atoms with Crippen LogP contribution < -0.4 is 5.32 Å². The zero-order valence-electron chi connectivity index (χ0n) is 41.4. The molecule has 0 radical (unpaired) electrons. The van der Waals surface area contributed by atoms with Gasteiger partial charge in [0.05, 0.1) is 39.9 Å². The molecule has 0 aromatic heterocycles. The van der Waals surface area contributed by atoms with Crippen LogP contribution in [-0.4, -0.2) is 73.4 Å². The average molecular weight is 894 g/mol. The number of unbranched alkanes of at least 4 members (excludes halogenated alkanes) is 28. The molecule has 3 atom stereocenters. The number of hydrogen-bond acceptors (Lipinski definition) is 5. The minimum absolute atomic E-state index is 0.0510. The molecule has 62 heavy (non-hydrogen) atoms. The number of carbonyl (C=O) groups is 1. The van der Waals surface area contributed by atoms with Gasteiger partial charge in [0.1, 0.15) is 13.2 Å². The second kappa shape index (κ2) is 44.7. The number of carbonyl (C=O) groups excluding carboxylic acids is 1. The molecule has 0 saturated carbocycles. The molecule has 3 unspecified atom stereocenters. The van der Waals surface area contributed by atoms with Crippen LogP contribution >= 0.6 is 7.82 Å². The third-order valence-corrected chi connectivity index (χ3v) is 12.5. The van der Waals surface area contributed by atoms with Gasteiger partial charge in [-0.25, -0.2) is 4.57 Å². The molecule has 0 aliphatic carbocycles. The number of hydrogen-bond donors (Lipinski definition) is 3. The number of amides is 1. The van der Waals surface area contributed by atoms with E-state index in [0.29, 0.717) is 17.4 Å². The van der Waals surface area contributed by atoms with Gasteiger partial charge < -0.3 is 19.8 Å². The second-order valence-electron chi connectivity index (χ2n) is 18.9. The van der Waals surface area contributed by atoms with Crippen LogP contribution in [0.1, 0.15) is 232 Å². The monoisotopic (exact) mass is 894 g/mol. The Morgan fingerprint density at radius 1 is 0.532 bits per heavy atom. The average Bonchev–Trinajstić information content (AvgIpc) is 3.23. The van der Waals surface area contributed by atoms with E-state index < -0.39 is 20.0 Å². The number of rotatable bonds is 47. The lowest BCUT2D eigenvalue weighted by Gasteiger charge is -2.25. The predicted octanol–water partition coefficient (Wildman–Crippen LogP) is 15.2. The van der Waals surface area contributed by atoms with Crippen molar-refractivity contribution in [1.82, 2.24) is 5.32 Å². The van der Waals surface area contributed by atoms with Crippen molar-refractivity contribution in [3.8, 4) is 0 Å². The lowest BCUT2D eigenvalue weighted by molar-refractivity contribution is -0.870. The normalized spacial score (nSPS) is 14.5. The van der Waals surface area contributed by atoms with E-state index in [1.807, 2.05) is 27.2 Å². The van der Waals surface area contributed by atoms with Crippen LogP contribution in [0.2, 0.25) is 0 Å². The van der Waals surface area contributed by atoms with Gasteiger partial charge in [0, 0.05) is 6.42 Å². The van der Waals surface area contributed by atoms with Crippen molar-refractivity contribution in [1.29, 1.82) is 0 Å². The lowest BCUT2D eigenvalue weighted by atomic mass is 10.0. The summed E-state index contributed by atoms with van der Waals surface area (Å²) < 4.78 is 23.6. The number of phosphoric ester groups is 1. The molecular weight excluding hydrogens is 792 g/mol. The van der Waals surface area contributed by atoms with Gasteiger partial charge in [-0.05, 0) is 70.6 Å². The Hall–Kier alpha value is -1.54. The maximum absolute atomic E-state index is 12.9. The molecule has 0 heterocycles. The fraction of sp³-hybridized carbons (Fsp3) is 0.830. The number of aliphatic hydroxyl groups is 1. The largest absolute Gasteiger partial charge is 0.472 e. The minimum atomic E-state index is -4.35. The molecule has 8 nitrogen and oxygen atoms in total. The quantitative estimate of drug-likeness (QED) is 0.0243. The molecule has 0 spiro atoms. The first-order chi connectivity index (χ1) is 30.0. The fourth-order valence-electron chi connectivity index (χ4n) is 7.36. The van der Waals surface area contributed by atoms with E-state index in [0.717, 1.165) is 57.8 Å². The summed E-state index contributed by atoms with van der Waals surface area (Å²) in [5, 5.41) is 13.8. The molecule has 0 rings (SSSR count). The number of nitrogens with zero attached hydrogens (tertiary/aromatic N) is 1. The number of phosphoric acid groups is 1. The van der Waals surface area contributed by atoms with E-state index in [9.17, 15) is 19.4 Å². The molecule has 0 aromatic rings. The van der Waals surface area contributed by atoms with Crippen molar-refractivity contribution in [3.05, 3.63) is 48.6 Å². The van der Waals surface area contributed by atoms with Gasteiger partial charge in [0.15, 0.2) is 0 Å². The summed E-state index contributed by atoms with van der Waals surface area (Å²) >= 11 is 0. The zero-order chi connectivity index (χ0) is 45.7. The highest BCUT2D eigenvalue weighted by atomic mass is 31.2. The van der Waals surface area contributed by atoms with Crippen LogP contribution in [0.5, 0.6) is 0 Å². The van der Waals surface area contributed by atoms with E-state index in [1.165, 1.54) is 154 Å². The summed E-state index contributed by atoms with van der Waals surface area (Å²) in [7, 11) is 1.54. The van der Waals surface area contributed by atoms with Crippen LogP contribution in [0.4, 0.5) is 0 Å². The molecule has 0 aliphatic rings. The van der Waals surface area contributed by atoms with E-state index in [2.05, 4.69) is 55.6 Å². The van der Waals surface area contributed by atoms with Gasteiger partial charge in [-0.2, -0.15) is 0 Å². The van der Waals surface area contributed by atoms with Gasteiger partial charge in [-0.1, -0.05) is 204 Å². The molecule has 0 saturated heterocycles. The first-order valence-electron chi connectivity index (χ1n) is 26.0. The van der Waals surface area contributed by atoms with E-state index in [4.69, 9.17) is 9.05 Å². The van der Waals surface area contributed by atoms with Crippen molar-refractivity contribution in [2.45, 2.75) is 244 Å². The predicted molar refractivity (Wildman–Crippen MR) is 267 cm³/mol. The Bertz CT molecular complexity index is 1150. The Kier molecular flexibility index (Phi) is 43.5. The van der Waals surface area contributed by atoms with Crippen LogP contribution in [0, 0.1) is 0 Å². The van der Waals surface area contributed by atoms with E-state index >= 15 is 0 Å². The van der Waals surface area contributed by atoms with Gasteiger partial charge in [-0.15, -0.1) is 0 Å². The lowest BCUT2D eigenvalue weighted by Crippen LogP contribution is -2.45. The standard InChI is InChI=1S/C53H101N2O6P/c1-6-8-10-12-14-16-18-20-21-22-23-24-25-26-27-28-29-30-31-32-33-34-35-36-38-40-42-44-46-52(56)51(50-61-62(58,59)60-49-48-55(3,4)5)54-53(57)47-45-43-41-39-37-19-17-15-13-11-9-7-2/h15,17,32-33,36,38,44,46,51-52,56H,6-14,16,18-31,34-35,37,39-43,45,47-50H2,1-5H3,(H-,54,57,58,59)/p+1/b17-15-,33-32+,38-36+,46-44+. The van der Waals surface area contributed by atoms with Crippen LogP contribution in [0.3, 0.4) is 0 Å². The first kappa shape index (κ1) is 60.5. The van der Waals surface area contributed by atoms with Crippen LogP contribution in [0.25, 0.3) is 0 Å². The maximum atomic E-state index is 12.9. The molecule has 0 bridgehead atoms. The Labute approximate surface area is 384 Å². The van der Waals surface area contributed by atoms with Crippen molar-refractivity contribution >= 4 is 13.7 Å². The smallest absolute Gasteiger partial charge is 0.387 e. The Morgan fingerprint density at radius 2 is 0.887 bits per heavy atom. The molecular formula is C53H102N2O6P+. The number of nitrogens with one attached hydrogen (secondary N) is 1. The molecule has 0 fully saturated rings. The second-order valence-corrected chi connectivity index (χ2v) is 20.3. The number of aliphatic hydroxyl groups excluding tert-OH is 1. The SMILES string of the molecule is CCCCC/C=C\CCCCCCCC(=O)NC(COP(=O)(O)OCC[N+](C)(C)C)C(O)/C=C/CC/C=C/CC/C=C/CCCCCCCCCCCCCCCCCCCC. The number of quaternary nitrogens is 1. The van der Waals surface area contributed by atoms with E-state index in [1.54, 1.807) is 6.08 Å². The summed E-state index contributed by atoms with van der Waals surface area (Å²) in [5.41, 5.74) is 0. The van der Waals surface area contributed by atoms with Gasteiger partial charge in [0.25, 0.3) is 0 Å². The maximum Gasteiger partial charge on any atom is 0.472 e. The van der Waals surface area contributed by atoms with Crippen molar-refractivity contribution in [2.75, 3.05) is 40.9 Å². The molecule has 9 heteroatoms. The van der Waals surface area contributed by atoms with Gasteiger partial charge >= 0.3 is 7.82 Å². The van der Waals surface area contributed by atoms with Crippen molar-refractivity contribution < 1.29 is 32.9 Å². The highest BCUT2D eigenvalue weighted by Gasteiger charge is 2.27. The fourth-order valence-corrected chi connectivity index (χ4v) is 8.10. The Balaban J connectivity index is 4.26. The summed E-state index contributed by atoms with van der Waals surface area (Å²) in [6, 6.07) is -0.874. The van der Waals surface area contributed by atoms with Crippen LogP contribution in [0.15, 0.2) is 48.6 Å². The molecule has 3 N–H and O–H groups in total. The highest BCUT2D eigenvalue weighted by Crippen LogP contribution is 2.43. The Morgan fingerprint density at radius 3 is 1.32 bits per heavy atom. The molecule has 1 amide bonds. The van der Waals surface area contributed by atoms with E-state index in [-0.39, 0.29) is 19.1 Å². The number of likely N-dealkylation sites (N-methyl/N-ethyl adjacent to an activating group) is 1. The van der Waals surface area contributed by atoms with Crippen LogP contribution in [-0.2, 0) is 18.4 Å². The van der Waals surface area contributed by atoms with Crippen molar-refractivity contribution in [2.24, 2.45) is 0 Å². The van der Waals surface area contributed by atoms with Gasteiger partial charge in [-0.3, -0.25) is 13.8 Å². The summed E-state index contributed by atoms with van der Waals surface area (Å²) in [6.45, 7) is 4.76. The molecule has 0 aliphatic heterocycles. The van der Waals surface area contributed by atoms with Gasteiger partial charge in [0.2, 0.25) is 5.91 Å². The molecule has 364 valence electrons. The van der Waals surface area contributed by atoms with Crippen molar-refractivity contribution in [3.63, 3.8) is 0 Å². The topological polar surface area (TPSA) is 105 Å². The first-order valence-corrected chi connectivity index (χ1v) is 27.5. The third kappa shape index (κ3) is 46.5. The summed E-state index contributed by atoms with van der Waals surface area (Å²) in [5.74, 6) is -0.202. The zero-order valence-corrected chi connectivity index (χ0v) is 42.3.